The van der Waals surface area contributed by atoms with Crippen LogP contribution in [0.25, 0.3) is 0 Å². The molecule has 0 aliphatic rings. The molecule has 0 saturated carbocycles. The van der Waals surface area contributed by atoms with E-state index in [-0.39, 0.29) is 5.91 Å². The molecule has 1 amide bonds. The Morgan fingerprint density at radius 3 is 2.65 bits per heavy atom. The van der Waals surface area contributed by atoms with E-state index >= 15 is 0 Å². The van der Waals surface area contributed by atoms with E-state index in [0.29, 0.717) is 5.56 Å². The van der Waals surface area contributed by atoms with Crippen LogP contribution in [0, 0.1) is 0 Å². The van der Waals surface area contributed by atoms with Crippen molar-refractivity contribution in [2.24, 2.45) is 0 Å². The highest BCUT2D eigenvalue weighted by Crippen LogP contribution is 2.14. The number of nitrogens with zero attached hydrogens (tertiary/aromatic N) is 1. The average Bonchev–Trinajstić information content (AvgIpc) is 2.46. The molecule has 0 aliphatic heterocycles. The minimum Gasteiger partial charge on any atom is -0.322 e. The first-order chi connectivity index (χ1) is 9.69. The lowest BCUT2D eigenvalue weighted by molar-refractivity contribution is 0.102. The van der Waals surface area contributed by atoms with E-state index in [4.69, 9.17) is 0 Å². The van der Waals surface area contributed by atoms with Gasteiger partial charge < -0.3 is 5.32 Å². The molecule has 0 aliphatic carbocycles. The zero-order chi connectivity index (χ0) is 14.4. The van der Waals surface area contributed by atoms with Crippen molar-refractivity contribution in [2.45, 2.75) is 26.2 Å². The van der Waals surface area contributed by atoms with E-state index in [1.165, 1.54) is 18.4 Å². The van der Waals surface area contributed by atoms with Gasteiger partial charge >= 0.3 is 0 Å². The summed E-state index contributed by atoms with van der Waals surface area (Å²) >= 11 is 3.31. The number of halogens is 1. The highest BCUT2D eigenvalue weighted by molar-refractivity contribution is 9.10. The van der Waals surface area contributed by atoms with Gasteiger partial charge in [-0.3, -0.25) is 9.78 Å². The Bertz CT molecular complexity index is 581. The van der Waals surface area contributed by atoms with E-state index in [1.54, 1.807) is 18.5 Å². The molecule has 0 saturated heterocycles. The highest BCUT2D eigenvalue weighted by Gasteiger charge is 2.06. The fraction of sp³-hybridized carbons (Fsp3) is 0.250. The third kappa shape index (κ3) is 4.17. The lowest BCUT2D eigenvalue weighted by Gasteiger charge is -2.06. The van der Waals surface area contributed by atoms with Crippen molar-refractivity contribution in [1.29, 1.82) is 0 Å². The van der Waals surface area contributed by atoms with Crippen molar-refractivity contribution >= 4 is 27.5 Å². The topological polar surface area (TPSA) is 42.0 Å². The van der Waals surface area contributed by atoms with Crippen LogP contribution in [0.3, 0.4) is 0 Å². The summed E-state index contributed by atoms with van der Waals surface area (Å²) in [6.45, 7) is 2.18. The number of unbranched alkanes of at least 4 members (excludes halogenated alkanes) is 1. The largest absolute Gasteiger partial charge is 0.322 e. The molecule has 1 aromatic carbocycles. The fourth-order valence-corrected chi connectivity index (χ4v) is 2.24. The standard InChI is InChI=1S/C16H17BrN2O/c1-2-3-4-12-5-7-15(8-6-12)19-16(20)13-9-14(17)11-18-10-13/h5-11H,2-4H2,1H3,(H,19,20). The van der Waals surface area contributed by atoms with E-state index in [9.17, 15) is 4.79 Å². The minimum absolute atomic E-state index is 0.153. The Morgan fingerprint density at radius 1 is 1.25 bits per heavy atom. The quantitative estimate of drug-likeness (QED) is 0.879. The van der Waals surface area contributed by atoms with Crippen LogP contribution < -0.4 is 5.32 Å². The van der Waals surface area contributed by atoms with E-state index in [1.807, 2.05) is 12.1 Å². The Labute approximate surface area is 127 Å². The summed E-state index contributed by atoms with van der Waals surface area (Å²) in [5.41, 5.74) is 2.64. The van der Waals surface area contributed by atoms with Crippen LogP contribution in [0.1, 0.15) is 35.7 Å². The molecule has 0 atom stereocenters. The van der Waals surface area contributed by atoms with Crippen molar-refractivity contribution in [2.75, 3.05) is 5.32 Å². The van der Waals surface area contributed by atoms with E-state index in [2.05, 4.69) is 45.3 Å². The van der Waals surface area contributed by atoms with Gasteiger partial charge in [-0.05, 0) is 52.5 Å². The second-order valence-electron chi connectivity index (χ2n) is 4.65. The van der Waals surface area contributed by atoms with Gasteiger partial charge in [-0.1, -0.05) is 25.5 Å². The molecule has 20 heavy (non-hydrogen) atoms. The number of carbonyl (C=O) groups is 1. The normalized spacial score (nSPS) is 10.3. The number of nitrogens with one attached hydrogen (secondary N) is 1. The molecule has 1 heterocycles. The zero-order valence-electron chi connectivity index (χ0n) is 11.4. The summed E-state index contributed by atoms with van der Waals surface area (Å²) in [5.74, 6) is -0.153. The van der Waals surface area contributed by atoms with Gasteiger partial charge in [0.2, 0.25) is 0 Å². The van der Waals surface area contributed by atoms with Gasteiger partial charge in [0, 0.05) is 22.6 Å². The lowest BCUT2D eigenvalue weighted by Crippen LogP contribution is -2.12. The molecule has 0 spiro atoms. The van der Waals surface area contributed by atoms with Crippen LogP contribution in [0.4, 0.5) is 5.69 Å². The molecule has 1 N–H and O–H groups in total. The van der Waals surface area contributed by atoms with Crippen LogP contribution >= 0.6 is 15.9 Å². The number of aromatic nitrogens is 1. The molecule has 104 valence electrons. The minimum atomic E-state index is -0.153. The van der Waals surface area contributed by atoms with Crippen molar-refractivity contribution < 1.29 is 4.79 Å². The van der Waals surface area contributed by atoms with Gasteiger partial charge in [0.05, 0.1) is 5.56 Å². The molecule has 1 aromatic heterocycles. The third-order valence-corrected chi connectivity index (χ3v) is 3.43. The lowest BCUT2D eigenvalue weighted by atomic mass is 10.1. The Hall–Kier alpha value is -1.68. The molecule has 2 aromatic rings. The van der Waals surface area contributed by atoms with Crippen molar-refractivity contribution in [3.63, 3.8) is 0 Å². The van der Waals surface area contributed by atoms with Gasteiger partial charge in [-0.15, -0.1) is 0 Å². The van der Waals surface area contributed by atoms with Crippen LogP contribution in [0.15, 0.2) is 47.2 Å². The third-order valence-electron chi connectivity index (χ3n) is 3.00. The molecule has 0 bridgehead atoms. The molecule has 0 fully saturated rings. The molecule has 4 heteroatoms. The Balaban J connectivity index is 2.01. The first-order valence-electron chi connectivity index (χ1n) is 6.70. The molecule has 3 nitrogen and oxygen atoms in total. The highest BCUT2D eigenvalue weighted by atomic mass is 79.9. The SMILES string of the molecule is CCCCc1ccc(NC(=O)c2cncc(Br)c2)cc1. The predicted octanol–water partition coefficient (Wildman–Crippen LogP) is 4.44. The van der Waals surface area contributed by atoms with Crippen molar-refractivity contribution in [3.05, 3.63) is 58.3 Å². The number of anilines is 1. The average molecular weight is 333 g/mol. The van der Waals surface area contributed by atoms with Gasteiger partial charge in [-0.25, -0.2) is 0 Å². The maximum absolute atomic E-state index is 12.1. The summed E-state index contributed by atoms with van der Waals surface area (Å²) in [7, 11) is 0. The van der Waals surface area contributed by atoms with Crippen LogP contribution in [-0.4, -0.2) is 10.9 Å². The predicted molar refractivity (Wildman–Crippen MR) is 84.9 cm³/mol. The maximum Gasteiger partial charge on any atom is 0.257 e. The summed E-state index contributed by atoms with van der Waals surface area (Å²) < 4.78 is 0.792. The van der Waals surface area contributed by atoms with Gasteiger partial charge in [0.25, 0.3) is 5.91 Å². The Kier molecular flexibility index (Phi) is 5.30. The molecule has 0 radical (unpaired) electrons. The van der Waals surface area contributed by atoms with E-state index in [0.717, 1.165) is 16.6 Å². The number of aryl methyl sites for hydroxylation is 1. The van der Waals surface area contributed by atoms with Gasteiger partial charge in [-0.2, -0.15) is 0 Å². The maximum atomic E-state index is 12.1. The molecule has 2 rings (SSSR count). The number of carbonyl (C=O) groups excluding carboxylic acids is 1. The van der Waals surface area contributed by atoms with E-state index < -0.39 is 0 Å². The van der Waals surface area contributed by atoms with Crippen molar-refractivity contribution in [3.8, 4) is 0 Å². The fourth-order valence-electron chi connectivity index (χ4n) is 1.87. The summed E-state index contributed by atoms with van der Waals surface area (Å²) in [4.78, 5) is 16.0. The number of amides is 1. The summed E-state index contributed by atoms with van der Waals surface area (Å²) in [6, 6.07) is 9.75. The smallest absolute Gasteiger partial charge is 0.257 e. The number of hydrogen-bond donors (Lipinski definition) is 1. The zero-order valence-corrected chi connectivity index (χ0v) is 13.0. The van der Waals surface area contributed by atoms with Crippen LogP contribution in [0.5, 0.6) is 0 Å². The summed E-state index contributed by atoms with van der Waals surface area (Å²) in [5, 5.41) is 2.87. The van der Waals surface area contributed by atoms with Crippen LogP contribution in [0.2, 0.25) is 0 Å². The number of hydrogen-bond acceptors (Lipinski definition) is 2. The van der Waals surface area contributed by atoms with Gasteiger partial charge in [0.1, 0.15) is 0 Å². The first kappa shape index (κ1) is 14.7. The molecular formula is C16H17BrN2O. The number of benzene rings is 1. The first-order valence-corrected chi connectivity index (χ1v) is 7.49. The number of pyridine rings is 1. The monoisotopic (exact) mass is 332 g/mol. The second kappa shape index (κ2) is 7.20. The summed E-state index contributed by atoms with van der Waals surface area (Å²) in [6.07, 6.45) is 6.67. The Morgan fingerprint density at radius 2 is 2.00 bits per heavy atom. The second-order valence-corrected chi connectivity index (χ2v) is 5.56. The number of rotatable bonds is 5. The van der Waals surface area contributed by atoms with Gasteiger partial charge in [0.15, 0.2) is 0 Å². The molecular weight excluding hydrogens is 316 g/mol. The molecule has 0 unspecified atom stereocenters. The van der Waals surface area contributed by atoms with Crippen LogP contribution in [-0.2, 0) is 6.42 Å². The van der Waals surface area contributed by atoms with Crippen molar-refractivity contribution in [1.82, 2.24) is 4.98 Å².